The number of likely N-dealkylation sites (N-methyl/N-ethyl adjacent to an activating group) is 1. The standard InChI is InChI=1S/C61H121N2O6P/c1-6-8-10-12-14-16-18-20-22-24-26-28-30-31-32-33-35-37-39-41-43-45-47-49-51-53-55-61(65)62-59(58-69-70(66,67)68-57-56-63(3,4)5)60(64)54-52-50-48-46-44-42-40-38-36-34-29-27-25-23-21-19-17-15-13-11-9-7-2/h31-32,52,54,59-60,64H,6-30,33-51,53,55-58H2,1-5H3,(H-,62,65,66,67)/p+1/b32-31-,54-52+. The average molecular weight is 1010 g/mol. The first kappa shape index (κ1) is 69.0. The van der Waals surface area contributed by atoms with Crippen LogP contribution in [0.15, 0.2) is 24.3 Å². The zero-order valence-electron chi connectivity index (χ0n) is 47.5. The fourth-order valence-corrected chi connectivity index (χ4v) is 10.1. The first-order chi connectivity index (χ1) is 34.0. The van der Waals surface area contributed by atoms with Crippen LogP contribution >= 0.6 is 7.82 Å². The molecule has 9 heteroatoms. The number of carbonyl (C=O) groups is 1. The Morgan fingerprint density at radius 3 is 1.10 bits per heavy atom. The summed E-state index contributed by atoms with van der Waals surface area (Å²) in [4.78, 5) is 23.3. The highest BCUT2D eigenvalue weighted by atomic mass is 31.2. The molecule has 0 fully saturated rings. The molecule has 0 radical (unpaired) electrons. The number of amides is 1. The van der Waals surface area contributed by atoms with Crippen molar-refractivity contribution >= 4 is 13.7 Å². The van der Waals surface area contributed by atoms with E-state index in [1.54, 1.807) is 6.08 Å². The van der Waals surface area contributed by atoms with Gasteiger partial charge in [-0.3, -0.25) is 13.8 Å². The van der Waals surface area contributed by atoms with E-state index in [2.05, 4.69) is 31.3 Å². The summed E-state index contributed by atoms with van der Waals surface area (Å²) in [7, 11) is 1.58. The number of hydrogen-bond acceptors (Lipinski definition) is 5. The Morgan fingerprint density at radius 2 is 0.771 bits per heavy atom. The van der Waals surface area contributed by atoms with E-state index in [9.17, 15) is 19.4 Å². The van der Waals surface area contributed by atoms with Crippen LogP contribution in [0.4, 0.5) is 0 Å². The average Bonchev–Trinajstić information content (AvgIpc) is 3.32. The molecule has 0 heterocycles. The number of aliphatic hydroxyl groups is 1. The number of phosphoric ester groups is 1. The molecule has 0 saturated carbocycles. The lowest BCUT2D eigenvalue weighted by atomic mass is 10.0. The van der Waals surface area contributed by atoms with Gasteiger partial charge in [-0.15, -0.1) is 0 Å². The van der Waals surface area contributed by atoms with Gasteiger partial charge in [-0.2, -0.15) is 0 Å². The van der Waals surface area contributed by atoms with Gasteiger partial charge in [-0.25, -0.2) is 4.57 Å². The predicted molar refractivity (Wildman–Crippen MR) is 305 cm³/mol. The minimum Gasteiger partial charge on any atom is -0.387 e. The molecule has 3 N–H and O–H groups in total. The second-order valence-electron chi connectivity index (χ2n) is 22.4. The van der Waals surface area contributed by atoms with Gasteiger partial charge in [0.15, 0.2) is 0 Å². The van der Waals surface area contributed by atoms with Crippen LogP contribution < -0.4 is 5.32 Å². The number of allylic oxidation sites excluding steroid dienone is 3. The lowest BCUT2D eigenvalue weighted by Crippen LogP contribution is -2.45. The molecule has 0 rings (SSSR count). The van der Waals surface area contributed by atoms with Crippen LogP contribution in [0.3, 0.4) is 0 Å². The number of rotatable bonds is 57. The molecule has 0 bridgehead atoms. The maximum atomic E-state index is 13.0. The quantitative estimate of drug-likeness (QED) is 0.0243. The molecule has 0 aromatic rings. The minimum atomic E-state index is -4.35. The molecule has 0 aromatic heterocycles. The van der Waals surface area contributed by atoms with E-state index >= 15 is 0 Å². The largest absolute Gasteiger partial charge is 0.472 e. The zero-order chi connectivity index (χ0) is 51.3. The molecule has 416 valence electrons. The van der Waals surface area contributed by atoms with Gasteiger partial charge in [0.1, 0.15) is 13.2 Å². The molecule has 0 aliphatic carbocycles. The number of unbranched alkanes of at least 4 members (excludes halogenated alkanes) is 42. The van der Waals surface area contributed by atoms with Gasteiger partial charge in [0.2, 0.25) is 5.91 Å². The SMILES string of the molecule is CCCCCCCCCCCCCC/C=C\CCCCCCCCCCCCC(=O)NC(COP(=O)(O)OCC[N+](C)(C)C)C(O)/C=C/CCCCCCCCCCCCCCCCCCCCCC. The molecule has 3 unspecified atom stereocenters. The van der Waals surface area contributed by atoms with Crippen molar-refractivity contribution in [1.29, 1.82) is 0 Å². The number of hydrogen-bond donors (Lipinski definition) is 3. The van der Waals surface area contributed by atoms with Crippen LogP contribution in [0.1, 0.15) is 309 Å². The number of nitrogens with zero attached hydrogens (tertiary/aromatic N) is 1. The number of carbonyl (C=O) groups excluding carboxylic acids is 1. The molecule has 3 atom stereocenters. The molecular weight excluding hydrogens is 888 g/mol. The van der Waals surface area contributed by atoms with Crippen molar-refractivity contribution in [2.45, 2.75) is 321 Å². The first-order valence-corrected chi connectivity index (χ1v) is 32.2. The van der Waals surface area contributed by atoms with Crippen molar-refractivity contribution in [3.05, 3.63) is 24.3 Å². The van der Waals surface area contributed by atoms with Gasteiger partial charge in [0.05, 0.1) is 39.9 Å². The number of quaternary nitrogens is 1. The lowest BCUT2D eigenvalue weighted by Gasteiger charge is -2.25. The summed E-state index contributed by atoms with van der Waals surface area (Å²) in [6.07, 6.45) is 67.1. The molecule has 8 nitrogen and oxygen atoms in total. The molecule has 70 heavy (non-hydrogen) atoms. The molecule has 0 aliphatic rings. The van der Waals surface area contributed by atoms with Crippen LogP contribution in [-0.2, 0) is 18.4 Å². The third kappa shape index (κ3) is 54.7. The van der Waals surface area contributed by atoms with Gasteiger partial charge in [0.25, 0.3) is 0 Å². The summed E-state index contributed by atoms with van der Waals surface area (Å²) >= 11 is 0. The number of aliphatic hydroxyl groups excluding tert-OH is 1. The summed E-state index contributed by atoms with van der Waals surface area (Å²) in [5, 5.41) is 14.0. The van der Waals surface area contributed by atoms with Crippen molar-refractivity contribution in [1.82, 2.24) is 5.32 Å². The van der Waals surface area contributed by atoms with Gasteiger partial charge in [0, 0.05) is 6.42 Å². The summed E-state index contributed by atoms with van der Waals surface area (Å²) in [6, 6.07) is -0.846. The second-order valence-corrected chi connectivity index (χ2v) is 23.9. The highest BCUT2D eigenvalue weighted by molar-refractivity contribution is 7.47. The first-order valence-electron chi connectivity index (χ1n) is 30.7. The number of phosphoric acid groups is 1. The maximum absolute atomic E-state index is 13.0. The monoisotopic (exact) mass is 1010 g/mol. The van der Waals surface area contributed by atoms with E-state index in [1.807, 2.05) is 27.2 Å². The Labute approximate surface area is 436 Å². The van der Waals surface area contributed by atoms with E-state index < -0.39 is 20.0 Å². The minimum absolute atomic E-state index is 0.0632. The number of nitrogens with one attached hydrogen (secondary N) is 1. The third-order valence-electron chi connectivity index (χ3n) is 14.2. The fourth-order valence-electron chi connectivity index (χ4n) is 9.33. The topological polar surface area (TPSA) is 105 Å². The highest BCUT2D eigenvalue weighted by Crippen LogP contribution is 2.43. The summed E-state index contributed by atoms with van der Waals surface area (Å²) < 4.78 is 23.8. The smallest absolute Gasteiger partial charge is 0.387 e. The third-order valence-corrected chi connectivity index (χ3v) is 15.1. The van der Waals surface area contributed by atoms with E-state index in [0.717, 1.165) is 32.1 Å². The lowest BCUT2D eigenvalue weighted by molar-refractivity contribution is -0.870. The van der Waals surface area contributed by atoms with Crippen LogP contribution in [0.2, 0.25) is 0 Å². The molecule has 0 aromatic carbocycles. The maximum Gasteiger partial charge on any atom is 0.472 e. The predicted octanol–water partition coefficient (Wildman–Crippen LogP) is 18.8. The Balaban J connectivity index is 4.15. The van der Waals surface area contributed by atoms with Gasteiger partial charge >= 0.3 is 7.82 Å². The molecule has 1 amide bonds. The van der Waals surface area contributed by atoms with E-state index in [-0.39, 0.29) is 19.1 Å². The van der Waals surface area contributed by atoms with Crippen molar-refractivity contribution in [3.63, 3.8) is 0 Å². The van der Waals surface area contributed by atoms with E-state index in [4.69, 9.17) is 9.05 Å². The van der Waals surface area contributed by atoms with Crippen molar-refractivity contribution in [2.75, 3.05) is 40.9 Å². The summed E-state index contributed by atoms with van der Waals surface area (Å²) in [6.45, 7) is 4.87. The highest BCUT2D eigenvalue weighted by Gasteiger charge is 2.27. The fraction of sp³-hybridized carbons (Fsp3) is 0.918. The second kappa shape index (κ2) is 52.8. The Hall–Kier alpha value is -1.02. The Bertz CT molecular complexity index is 1190. The molecule has 0 spiro atoms. The summed E-state index contributed by atoms with van der Waals surface area (Å²) in [5.74, 6) is -0.173. The van der Waals surface area contributed by atoms with E-state index in [0.29, 0.717) is 17.4 Å². The van der Waals surface area contributed by atoms with Crippen LogP contribution in [0.5, 0.6) is 0 Å². The van der Waals surface area contributed by atoms with Gasteiger partial charge in [-0.05, 0) is 44.9 Å². The van der Waals surface area contributed by atoms with Gasteiger partial charge in [-0.1, -0.05) is 282 Å². The molecular formula is C61H122N2O6P+. The van der Waals surface area contributed by atoms with Crippen LogP contribution in [-0.4, -0.2) is 73.4 Å². The van der Waals surface area contributed by atoms with Crippen molar-refractivity contribution < 1.29 is 32.9 Å². The van der Waals surface area contributed by atoms with Crippen LogP contribution in [0.25, 0.3) is 0 Å². The van der Waals surface area contributed by atoms with Crippen molar-refractivity contribution in [2.24, 2.45) is 0 Å². The summed E-state index contributed by atoms with van der Waals surface area (Å²) in [5.41, 5.74) is 0. The van der Waals surface area contributed by atoms with Crippen molar-refractivity contribution in [3.8, 4) is 0 Å². The molecule has 0 aliphatic heterocycles. The molecule has 0 saturated heterocycles. The normalized spacial score (nSPS) is 14.0. The Morgan fingerprint density at radius 1 is 0.471 bits per heavy atom. The van der Waals surface area contributed by atoms with Crippen LogP contribution in [0, 0.1) is 0 Å². The zero-order valence-corrected chi connectivity index (χ0v) is 48.4. The Kier molecular flexibility index (Phi) is 52.1. The van der Waals surface area contributed by atoms with E-state index in [1.165, 1.54) is 257 Å². The van der Waals surface area contributed by atoms with Gasteiger partial charge < -0.3 is 19.8 Å².